The average molecular weight is 324 g/mol. The molecule has 0 bridgehead atoms. The van der Waals surface area contributed by atoms with Crippen LogP contribution in [0.2, 0.25) is 10.0 Å². The van der Waals surface area contributed by atoms with Crippen molar-refractivity contribution in [2.45, 2.75) is 13.0 Å². The lowest BCUT2D eigenvalue weighted by molar-refractivity contribution is 0.325. The topological polar surface area (TPSA) is 28.2 Å². The summed E-state index contributed by atoms with van der Waals surface area (Å²) in [6, 6.07) is 12.2. The van der Waals surface area contributed by atoms with Crippen LogP contribution in [0.3, 0.4) is 0 Å². The predicted molar refractivity (Wildman–Crippen MR) is 90.1 cm³/mol. The molecule has 0 atom stereocenters. The normalized spacial score (nSPS) is 10.9. The Morgan fingerprint density at radius 2 is 1.95 bits per heavy atom. The molecule has 1 aromatic carbocycles. The van der Waals surface area contributed by atoms with Crippen LogP contribution in [0, 0.1) is 0 Å². The zero-order chi connectivity index (χ0) is 15.1. The van der Waals surface area contributed by atoms with Gasteiger partial charge in [-0.2, -0.15) is 0 Å². The van der Waals surface area contributed by atoms with Crippen LogP contribution in [0.1, 0.15) is 12.0 Å². The fourth-order valence-corrected chi connectivity index (χ4v) is 2.52. The Bertz CT molecular complexity index is 561. The first kappa shape index (κ1) is 16.1. The summed E-state index contributed by atoms with van der Waals surface area (Å²) in [5.41, 5.74) is 1.33. The fourth-order valence-electron chi connectivity index (χ4n) is 2.07. The average Bonchev–Trinajstić information content (AvgIpc) is 2.46. The smallest absolute Gasteiger partial charge is 0.144 e. The summed E-state index contributed by atoms with van der Waals surface area (Å²) in [6.07, 6.45) is 2.61. The minimum absolute atomic E-state index is 0.549. The second-order valence-electron chi connectivity index (χ2n) is 4.99. The van der Waals surface area contributed by atoms with Gasteiger partial charge in [-0.3, -0.25) is 0 Å². The number of hydrogen-bond acceptors (Lipinski definition) is 3. The highest BCUT2D eigenvalue weighted by Gasteiger charge is 2.03. The summed E-state index contributed by atoms with van der Waals surface area (Å²) in [4.78, 5) is 6.47. The largest absolute Gasteiger partial charge is 0.369 e. The van der Waals surface area contributed by atoms with Gasteiger partial charge in [0.2, 0.25) is 0 Å². The summed E-state index contributed by atoms with van der Waals surface area (Å²) in [7, 11) is 2.13. The van der Waals surface area contributed by atoms with Crippen LogP contribution in [0.25, 0.3) is 0 Å². The van der Waals surface area contributed by atoms with E-state index in [9.17, 15) is 0 Å². The molecule has 3 nitrogen and oxygen atoms in total. The lowest BCUT2D eigenvalue weighted by Crippen LogP contribution is -2.21. The molecule has 0 aliphatic rings. The second kappa shape index (κ2) is 8.23. The molecule has 2 aromatic rings. The van der Waals surface area contributed by atoms with Gasteiger partial charge in [0.15, 0.2) is 0 Å². The number of nitrogens with one attached hydrogen (secondary N) is 1. The molecule has 0 aliphatic heterocycles. The van der Waals surface area contributed by atoms with E-state index in [0.29, 0.717) is 15.9 Å². The molecule has 0 amide bonds. The summed E-state index contributed by atoms with van der Waals surface area (Å²) >= 11 is 11.9. The third-order valence-corrected chi connectivity index (χ3v) is 3.61. The number of hydrogen-bond donors (Lipinski definition) is 1. The van der Waals surface area contributed by atoms with Gasteiger partial charge in [0.25, 0.3) is 0 Å². The molecule has 2 rings (SSSR count). The van der Waals surface area contributed by atoms with Crippen LogP contribution in [-0.2, 0) is 6.54 Å². The van der Waals surface area contributed by atoms with E-state index in [2.05, 4.69) is 46.5 Å². The quantitative estimate of drug-likeness (QED) is 0.769. The summed E-state index contributed by atoms with van der Waals surface area (Å²) in [5, 5.41) is 4.34. The minimum atomic E-state index is 0.549. The van der Waals surface area contributed by atoms with E-state index in [1.54, 1.807) is 12.3 Å². The van der Waals surface area contributed by atoms with Crippen molar-refractivity contribution >= 4 is 29.0 Å². The molecule has 0 saturated heterocycles. The van der Waals surface area contributed by atoms with Gasteiger partial charge in [-0.25, -0.2) is 4.98 Å². The number of nitrogens with zero attached hydrogens (tertiary/aromatic N) is 2. The lowest BCUT2D eigenvalue weighted by atomic mass is 10.2. The van der Waals surface area contributed by atoms with Crippen molar-refractivity contribution in [3.8, 4) is 0 Å². The highest BCUT2D eigenvalue weighted by Crippen LogP contribution is 2.22. The molecule has 0 spiro atoms. The van der Waals surface area contributed by atoms with Crippen molar-refractivity contribution in [2.24, 2.45) is 0 Å². The Morgan fingerprint density at radius 1 is 1.19 bits per heavy atom. The van der Waals surface area contributed by atoms with Crippen LogP contribution < -0.4 is 5.32 Å². The maximum Gasteiger partial charge on any atom is 0.144 e. The molecule has 112 valence electrons. The highest BCUT2D eigenvalue weighted by molar-refractivity contribution is 6.35. The fraction of sp³-hybridized carbons (Fsp3) is 0.312. The maximum absolute atomic E-state index is 6.06. The number of halogens is 2. The third kappa shape index (κ3) is 5.54. The summed E-state index contributed by atoms with van der Waals surface area (Å²) < 4.78 is 0. The van der Waals surface area contributed by atoms with E-state index >= 15 is 0 Å². The molecule has 0 aliphatic carbocycles. The predicted octanol–water partition coefficient (Wildman–Crippen LogP) is 4.32. The van der Waals surface area contributed by atoms with Crippen LogP contribution in [0.5, 0.6) is 0 Å². The highest BCUT2D eigenvalue weighted by atomic mass is 35.5. The second-order valence-corrected chi connectivity index (χ2v) is 5.83. The Balaban J connectivity index is 1.69. The molecule has 1 heterocycles. The minimum Gasteiger partial charge on any atom is -0.369 e. The van der Waals surface area contributed by atoms with E-state index in [1.165, 1.54) is 5.56 Å². The van der Waals surface area contributed by atoms with Gasteiger partial charge in [0, 0.05) is 19.3 Å². The number of aromatic nitrogens is 1. The molecule has 21 heavy (non-hydrogen) atoms. The third-order valence-electron chi connectivity index (χ3n) is 3.11. The van der Waals surface area contributed by atoms with Gasteiger partial charge in [-0.05, 0) is 31.6 Å². The Labute approximate surface area is 135 Å². The molecule has 5 heteroatoms. The summed E-state index contributed by atoms with van der Waals surface area (Å²) in [5.74, 6) is 0.687. The molecular formula is C16H19Cl2N3. The van der Waals surface area contributed by atoms with Crippen LogP contribution in [0.15, 0.2) is 42.6 Å². The van der Waals surface area contributed by atoms with Gasteiger partial charge >= 0.3 is 0 Å². The van der Waals surface area contributed by atoms with Crippen molar-refractivity contribution in [1.29, 1.82) is 0 Å². The van der Waals surface area contributed by atoms with E-state index < -0.39 is 0 Å². The maximum atomic E-state index is 6.06. The Morgan fingerprint density at radius 3 is 2.67 bits per heavy atom. The Hall–Kier alpha value is -1.29. The molecule has 0 fully saturated rings. The first-order valence-electron chi connectivity index (χ1n) is 6.92. The lowest BCUT2D eigenvalue weighted by Gasteiger charge is -2.17. The summed E-state index contributed by atoms with van der Waals surface area (Å²) in [6.45, 7) is 2.79. The molecule has 0 saturated carbocycles. The first-order valence-corrected chi connectivity index (χ1v) is 7.68. The molecule has 0 unspecified atom stereocenters. The van der Waals surface area contributed by atoms with Gasteiger partial charge in [-0.15, -0.1) is 0 Å². The van der Waals surface area contributed by atoms with Gasteiger partial charge in [0.05, 0.1) is 10.0 Å². The van der Waals surface area contributed by atoms with Gasteiger partial charge in [-0.1, -0.05) is 53.5 Å². The monoisotopic (exact) mass is 323 g/mol. The SMILES string of the molecule is CN(CCCNc1ncc(Cl)cc1Cl)Cc1ccccc1. The van der Waals surface area contributed by atoms with E-state index in [0.717, 1.165) is 26.1 Å². The van der Waals surface area contributed by atoms with E-state index in [1.807, 2.05) is 6.07 Å². The van der Waals surface area contributed by atoms with Gasteiger partial charge in [0.1, 0.15) is 5.82 Å². The van der Waals surface area contributed by atoms with Crippen molar-refractivity contribution in [3.05, 3.63) is 58.2 Å². The number of anilines is 1. The standard InChI is InChI=1S/C16H19Cl2N3/c1-21(12-13-6-3-2-4-7-13)9-5-8-19-16-15(18)10-14(17)11-20-16/h2-4,6-7,10-11H,5,8-9,12H2,1H3,(H,19,20). The zero-order valence-corrected chi connectivity index (χ0v) is 13.5. The van der Waals surface area contributed by atoms with E-state index in [4.69, 9.17) is 23.2 Å². The van der Waals surface area contributed by atoms with Crippen molar-refractivity contribution in [3.63, 3.8) is 0 Å². The number of rotatable bonds is 7. The first-order chi connectivity index (χ1) is 10.1. The van der Waals surface area contributed by atoms with Crippen molar-refractivity contribution < 1.29 is 0 Å². The van der Waals surface area contributed by atoms with E-state index in [-0.39, 0.29) is 0 Å². The van der Waals surface area contributed by atoms with Crippen LogP contribution in [0.4, 0.5) is 5.82 Å². The molecular weight excluding hydrogens is 305 g/mol. The zero-order valence-electron chi connectivity index (χ0n) is 12.0. The van der Waals surface area contributed by atoms with Crippen molar-refractivity contribution in [2.75, 3.05) is 25.5 Å². The molecule has 1 N–H and O–H groups in total. The number of pyridine rings is 1. The molecule has 0 radical (unpaired) electrons. The van der Waals surface area contributed by atoms with Crippen LogP contribution >= 0.6 is 23.2 Å². The molecule has 1 aromatic heterocycles. The van der Waals surface area contributed by atoms with Gasteiger partial charge < -0.3 is 10.2 Å². The Kier molecular flexibility index (Phi) is 6.30. The number of benzene rings is 1. The van der Waals surface area contributed by atoms with Crippen molar-refractivity contribution in [1.82, 2.24) is 9.88 Å². The van der Waals surface area contributed by atoms with Crippen LogP contribution in [-0.4, -0.2) is 30.0 Å².